The number of amides is 1. The minimum absolute atomic E-state index is 0.0447. The molecule has 0 atom stereocenters. The Balaban J connectivity index is 2.19. The zero-order valence-corrected chi connectivity index (χ0v) is 16.9. The molecule has 1 aromatic carbocycles. The van der Waals surface area contributed by atoms with E-state index in [1.165, 1.54) is 20.2 Å². The van der Waals surface area contributed by atoms with Crippen LogP contribution in [0.4, 0.5) is 8.78 Å². The number of fused-ring (bicyclic) bond motifs is 1. The third-order valence-electron chi connectivity index (χ3n) is 4.65. The Morgan fingerprint density at radius 1 is 1.21 bits per heavy atom. The first-order valence-corrected chi connectivity index (χ1v) is 9.03. The fourth-order valence-corrected chi connectivity index (χ4v) is 3.09. The van der Waals surface area contributed by atoms with Crippen molar-refractivity contribution in [1.29, 1.82) is 0 Å². The third-order valence-corrected chi connectivity index (χ3v) is 4.65. The van der Waals surface area contributed by atoms with E-state index < -0.39 is 12.5 Å². The first-order valence-electron chi connectivity index (χ1n) is 9.03. The Morgan fingerprint density at radius 2 is 1.90 bits per heavy atom. The van der Waals surface area contributed by atoms with Crippen LogP contribution in [-0.2, 0) is 5.41 Å². The highest BCUT2D eigenvalue weighted by Gasteiger charge is 2.23. The minimum Gasteiger partial charge on any atom is -0.496 e. The minimum atomic E-state index is -3.09. The van der Waals surface area contributed by atoms with Gasteiger partial charge in [0.25, 0.3) is 5.91 Å². The summed E-state index contributed by atoms with van der Waals surface area (Å²) in [6.45, 7) is 3.23. The summed E-state index contributed by atoms with van der Waals surface area (Å²) in [6.07, 6.45) is 3.58. The molecule has 2 heterocycles. The van der Waals surface area contributed by atoms with Crippen molar-refractivity contribution in [3.8, 4) is 22.6 Å². The van der Waals surface area contributed by atoms with Gasteiger partial charge in [0.15, 0.2) is 0 Å². The fraction of sp³-hybridized carbons (Fsp3) is 0.333. The molecule has 0 aliphatic rings. The summed E-state index contributed by atoms with van der Waals surface area (Å²) >= 11 is 0. The molecule has 0 bridgehead atoms. The molecule has 0 saturated carbocycles. The van der Waals surface area contributed by atoms with Crippen LogP contribution < -0.4 is 14.8 Å². The molecule has 1 N–H and O–H groups in total. The van der Waals surface area contributed by atoms with Crippen molar-refractivity contribution in [3.63, 3.8) is 0 Å². The molecule has 0 radical (unpaired) electrons. The summed E-state index contributed by atoms with van der Waals surface area (Å²) in [5.41, 5.74) is 3.00. The number of carbonyl (C=O) groups is 1. The van der Waals surface area contributed by atoms with Crippen LogP contribution in [0.15, 0.2) is 36.7 Å². The molecule has 154 valence electrons. The van der Waals surface area contributed by atoms with Gasteiger partial charge >= 0.3 is 6.61 Å². The van der Waals surface area contributed by atoms with Gasteiger partial charge in [-0.2, -0.15) is 13.9 Å². The lowest BCUT2D eigenvalue weighted by molar-refractivity contribution is -0.0502. The first kappa shape index (κ1) is 20.6. The highest BCUT2D eigenvalue weighted by molar-refractivity contribution is 6.01. The number of halogens is 2. The second-order valence-corrected chi connectivity index (χ2v) is 7.57. The molecule has 0 fully saturated rings. The number of carbonyl (C=O) groups excluding carboxylic acids is 1. The van der Waals surface area contributed by atoms with E-state index >= 15 is 0 Å². The van der Waals surface area contributed by atoms with E-state index in [0.29, 0.717) is 11.1 Å². The predicted molar refractivity (Wildman–Crippen MR) is 106 cm³/mol. The first-order chi connectivity index (χ1) is 13.7. The van der Waals surface area contributed by atoms with Gasteiger partial charge in [0.05, 0.1) is 18.8 Å². The summed E-state index contributed by atoms with van der Waals surface area (Å²) < 4.78 is 37.6. The van der Waals surface area contributed by atoms with Gasteiger partial charge in [-0.3, -0.25) is 4.79 Å². The van der Waals surface area contributed by atoms with Gasteiger partial charge in [-0.05, 0) is 34.7 Å². The smallest absolute Gasteiger partial charge is 0.387 e. The van der Waals surface area contributed by atoms with Crippen molar-refractivity contribution in [2.75, 3.05) is 14.2 Å². The van der Waals surface area contributed by atoms with Gasteiger partial charge in [0, 0.05) is 18.8 Å². The number of alkyl halides is 2. The van der Waals surface area contributed by atoms with E-state index in [9.17, 15) is 13.6 Å². The van der Waals surface area contributed by atoms with Crippen molar-refractivity contribution in [2.45, 2.75) is 32.8 Å². The summed E-state index contributed by atoms with van der Waals surface area (Å²) in [7, 11) is 2.77. The maximum absolute atomic E-state index is 13.0. The zero-order chi connectivity index (χ0) is 21.3. The van der Waals surface area contributed by atoms with E-state index in [4.69, 9.17) is 4.74 Å². The molecule has 0 aliphatic carbocycles. The van der Waals surface area contributed by atoms with Gasteiger partial charge in [0.2, 0.25) is 0 Å². The molecule has 6 nitrogen and oxygen atoms in total. The summed E-state index contributed by atoms with van der Waals surface area (Å²) in [5, 5.41) is 6.81. The standard InChI is InChI=1S/C21H23F2N3O3/c1-21(2,3)13-6-7-15-14(10-25-26(15)11-13)12-8-16(28-5)18(19(27)24-4)17(9-12)29-20(22)23/h6-11,20H,1-5H3,(H,24,27). The Hall–Kier alpha value is -3.16. The molecule has 1 amide bonds. The highest BCUT2D eigenvalue weighted by atomic mass is 19.3. The molecule has 0 spiro atoms. The molecule has 29 heavy (non-hydrogen) atoms. The lowest BCUT2D eigenvalue weighted by Gasteiger charge is -2.19. The molecular weight excluding hydrogens is 380 g/mol. The van der Waals surface area contributed by atoms with E-state index in [0.717, 1.165) is 11.1 Å². The van der Waals surface area contributed by atoms with Crippen LogP contribution >= 0.6 is 0 Å². The largest absolute Gasteiger partial charge is 0.496 e. The molecule has 3 rings (SSSR count). The Bertz CT molecular complexity index is 1060. The molecule has 0 saturated heterocycles. The number of pyridine rings is 1. The normalized spacial score (nSPS) is 11.7. The SMILES string of the molecule is CNC(=O)c1c(OC)cc(-c2cnn3cc(C(C)(C)C)ccc23)cc1OC(F)F. The molecule has 2 aromatic heterocycles. The number of aromatic nitrogens is 2. The number of rotatable bonds is 5. The number of nitrogens with zero attached hydrogens (tertiary/aromatic N) is 2. The van der Waals surface area contributed by atoms with E-state index in [1.807, 2.05) is 18.3 Å². The molecular formula is C21H23F2N3O3. The van der Waals surface area contributed by atoms with E-state index in [1.54, 1.807) is 16.8 Å². The van der Waals surface area contributed by atoms with E-state index in [2.05, 4.69) is 35.9 Å². The van der Waals surface area contributed by atoms with Crippen molar-refractivity contribution < 1.29 is 23.0 Å². The monoisotopic (exact) mass is 403 g/mol. The number of ether oxygens (including phenoxy) is 2. The average molecular weight is 403 g/mol. The van der Waals surface area contributed by atoms with E-state index in [-0.39, 0.29) is 22.5 Å². The molecule has 0 unspecified atom stereocenters. The van der Waals surface area contributed by atoms with Crippen LogP contribution in [0.5, 0.6) is 11.5 Å². The Labute approximate surface area is 167 Å². The second-order valence-electron chi connectivity index (χ2n) is 7.57. The van der Waals surface area contributed by atoms with Crippen molar-refractivity contribution in [2.24, 2.45) is 0 Å². The number of methoxy groups -OCH3 is 1. The number of hydrogen-bond donors (Lipinski definition) is 1. The predicted octanol–water partition coefficient (Wildman–Crippen LogP) is 4.27. The summed E-state index contributed by atoms with van der Waals surface area (Å²) in [4.78, 5) is 12.2. The lowest BCUT2D eigenvalue weighted by atomic mass is 9.88. The number of hydrogen-bond acceptors (Lipinski definition) is 4. The van der Waals surface area contributed by atoms with Gasteiger partial charge in [0.1, 0.15) is 17.1 Å². The molecule has 0 aliphatic heterocycles. The average Bonchev–Trinajstić information content (AvgIpc) is 3.08. The zero-order valence-electron chi connectivity index (χ0n) is 16.9. The van der Waals surface area contributed by atoms with Gasteiger partial charge in [-0.15, -0.1) is 0 Å². The van der Waals surface area contributed by atoms with Crippen molar-refractivity contribution in [1.82, 2.24) is 14.9 Å². The fourth-order valence-electron chi connectivity index (χ4n) is 3.09. The van der Waals surface area contributed by atoms with Crippen LogP contribution in [0.3, 0.4) is 0 Å². The highest BCUT2D eigenvalue weighted by Crippen LogP contribution is 2.37. The maximum Gasteiger partial charge on any atom is 0.387 e. The van der Waals surface area contributed by atoms with Crippen LogP contribution in [0.2, 0.25) is 0 Å². The number of nitrogens with one attached hydrogen (secondary N) is 1. The maximum atomic E-state index is 13.0. The summed E-state index contributed by atoms with van der Waals surface area (Å²) in [5.74, 6) is -0.721. The topological polar surface area (TPSA) is 64.9 Å². The van der Waals surface area contributed by atoms with Gasteiger partial charge in [-0.1, -0.05) is 26.8 Å². The van der Waals surface area contributed by atoms with Crippen molar-refractivity contribution >= 4 is 11.4 Å². The molecule has 3 aromatic rings. The van der Waals surface area contributed by atoms with Crippen LogP contribution in [-0.4, -0.2) is 36.3 Å². The lowest BCUT2D eigenvalue weighted by Crippen LogP contribution is -2.20. The van der Waals surface area contributed by atoms with Crippen LogP contribution in [0.1, 0.15) is 36.7 Å². The Kier molecular flexibility index (Phi) is 5.46. The van der Waals surface area contributed by atoms with Crippen LogP contribution in [0.25, 0.3) is 16.6 Å². The number of benzene rings is 1. The molecule has 8 heteroatoms. The quantitative estimate of drug-likeness (QED) is 0.691. The summed E-state index contributed by atoms with van der Waals surface area (Å²) in [6, 6.07) is 6.94. The van der Waals surface area contributed by atoms with Gasteiger partial charge in [-0.25, -0.2) is 4.52 Å². The van der Waals surface area contributed by atoms with Crippen LogP contribution in [0, 0.1) is 0 Å². The van der Waals surface area contributed by atoms with Gasteiger partial charge < -0.3 is 14.8 Å². The Morgan fingerprint density at radius 3 is 2.48 bits per heavy atom. The second kappa shape index (κ2) is 7.69. The van der Waals surface area contributed by atoms with Crippen molar-refractivity contribution in [3.05, 3.63) is 47.8 Å². The third kappa shape index (κ3) is 4.01.